The first kappa shape index (κ1) is 34.2. The van der Waals surface area contributed by atoms with Crippen LogP contribution in [0, 0.1) is 0 Å². The number of hydrogen-bond acceptors (Lipinski definition) is 3. The average molecular weight is 739 g/mol. The molecule has 2 nitrogen and oxygen atoms in total. The Morgan fingerprint density at radius 2 is 1.29 bits per heavy atom. The van der Waals surface area contributed by atoms with Crippen LogP contribution in [0.2, 0.25) is 0 Å². The molecule has 1 aromatic heterocycles. The van der Waals surface area contributed by atoms with Gasteiger partial charge in [0.2, 0.25) is 0 Å². The van der Waals surface area contributed by atoms with Gasteiger partial charge in [0.15, 0.2) is 0 Å². The normalized spacial score (nSPS) is 13.9. The molecule has 9 aromatic rings. The summed E-state index contributed by atoms with van der Waals surface area (Å²) in [7, 11) is 0. The first-order valence-corrected chi connectivity index (χ1v) is 20.3. The van der Waals surface area contributed by atoms with Gasteiger partial charge in [-0.15, -0.1) is 11.3 Å². The molecule has 3 N–H and O–H groups in total. The van der Waals surface area contributed by atoms with Crippen molar-refractivity contribution in [3.8, 4) is 33.4 Å². The molecule has 0 bridgehead atoms. The van der Waals surface area contributed by atoms with Gasteiger partial charge in [-0.05, 0) is 115 Å². The first-order valence-electron chi connectivity index (χ1n) is 19.5. The van der Waals surface area contributed by atoms with Crippen LogP contribution in [0.4, 0.5) is 0 Å². The number of rotatable bonds is 8. The molecule has 8 aromatic carbocycles. The third-order valence-corrected chi connectivity index (χ3v) is 12.9. The summed E-state index contributed by atoms with van der Waals surface area (Å²) < 4.78 is 2.64. The van der Waals surface area contributed by atoms with Crippen LogP contribution in [-0.2, 0) is 11.8 Å². The van der Waals surface area contributed by atoms with Crippen molar-refractivity contribution in [3.05, 3.63) is 210 Å². The van der Waals surface area contributed by atoms with Crippen molar-refractivity contribution in [1.82, 2.24) is 5.32 Å². The molecule has 0 amide bonds. The third-order valence-electron chi connectivity index (χ3n) is 11.8. The Bertz CT molecular complexity index is 2970. The number of benzene rings is 8. The number of allylic oxidation sites excluding steroid dienone is 1. The molecule has 1 aliphatic carbocycles. The molecule has 3 heteroatoms. The van der Waals surface area contributed by atoms with E-state index in [1.807, 2.05) is 29.5 Å². The molecule has 1 aliphatic rings. The van der Waals surface area contributed by atoms with Crippen LogP contribution in [0.15, 0.2) is 182 Å². The molecular formula is C53H42N2S. The quantitative estimate of drug-likeness (QED) is 0.152. The van der Waals surface area contributed by atoms with Crippen LogP contribution in [0.3, 0.4) is 0 Å². The SMILES string of the molecule is CC1(C)c2cc3ccccc3cc2-c2c(-c3cccc(/C(=C/Cc4ccccc4-c4ccc5sc6ccccc6c5c4)NC(N)c4ccccc4)c3)cccc21. The zero-order valence-electron chi connectivity index (χ0n) is 31.6. The average Bonchev–Trinajstić information content (AvgIpc) is 3.73. The monoisotopic (exact) mass is 738 g/mol. The van der Waals surface area contributed by atoms with E-state index in [1.54, 1.807) is 0 Å². The van der Waals surface area contributed by atoms with Gasteiger partial charge in [0.05, 0.1) is 0 Å². The molecule has 0 radical (unpaired) electrons. The molecule has 56 heavy (non-hydrogen) atoms. The van der Waals surface area contributed by atoms with Crippen molar-refractivity contribution in [2.24, 2.45) is 5.73 Å². The molecule has 1 heterocycles. The number of hydrogen-bond donors (Lipinski definition) is 2. The van der Waals surface area contributed by atoms with E-state index in [9.17, 15) is 0 Å². The van der Waals surface area contributed by atoms with E-state index in [0.29, 0.717) is 0 Å². The number of nitrogens with two attached hydrogens (primary N) is 1. The Morgan fingerprint density at radius 1 is 0.589 bits per heavy atom. The van der Waals surface area contributed by atoms with Crippen molar-refractivity contribution in [3.63, 3.8) is 0 Å². The summed E-state index contributed by atoms with van der Waals surface area (Å²) in [6.45, 7) is 4.72. The second-order valence-corrected chi connectivity index (χ2v) is 16.6. The molecule has 10 rings (SSSR count). The summed E-state index contributed by atoms with van der Waals surface area (Å²) >= 11 is 1.86. The van der Waals surface area contributed by atoms with Crippen LogP contribution < -0.4 is 11.1 Å². The summed E-state index contributed by atoms with van der Waals surface area (Å²) in [5, 5.41) is 8.93. The number of thiophene rings is 1. The van der Waals surface area contributed by atoms with Crippen molar-refractivity contribution >= 4 is 48.0 Å². The zero-order valence-corrected chi connectivity index (χ0v) is 32.4. The number of fused-ring (bicyclic) bond motifs is 7. The van der Waals surface area contributed by atoms with E-state index in [2.05, 4.69) is 183 Å². The minimum atomic E-state index is -0.377. The van der Waals surface area contributed by atoms with E-state index in [1.165, 1.54) is 81.0 Å². The lowest BCUT2D eigenvalue weighted by atomic mass is 9.81. The lowest BCUT2D eigenvalue weighted by molar-refractivity contribution is 0.661. The predicted octanol–water partition coefficient (Wildman–Crippen LogP) is 13.7. The standard InChI is InChI=1S/C53H42N2S/c1-53(2)46-24-13-23-42(51(46)45-31-36-17-6-7-18-37(36)33-47(45)53)38-19-12-20-40(30-38)48(55-52(54)35-15-4-3-5-16-35)28-26-34-14-8-9-21-41(34)39-27-29-50-44(32-39)43-22-10-11-25-49(43)56-50/h3-25,27-33,52,55H,26,54H2,1-2H3/b48-28-. The summed E-state index contributed by atoms with van der Waals surface area (Å²) in [5.41, 5.74) is 21.6. The lowest BCUT2D eigenvalue weighted by Crippen LogP contribution is -2.27. The third kappa shape index (κ3) is 5.92. The van der Waals surface area contributed by atoms with Gasteiger partial charge in [-0.2, -0.15) is 0 Å². The van der Waals surface area contributed by atoms with Crippen molar-refractivity contribution < 1.29 is 0 Å². The number of nitrogens with one attached hydrogen (secondary N) is 1. The van der Waals surface area contributed by atoms with Gasteiger partial charge in [-0.25, -0.2) is 0 Å². The first-order chi connectivity index (χ1) is 27.4. The minimum absolute atomic E-state index is 0.105. The Kier molecular flexibility index (Phi) is 8.44. The Morgan fingerprint density at radius 3 is 2.16 bits per heavy atom. The van der Waals surface area contributed by atoms with Crippen LogP contribution >= 0.6 is 11.3 Å². The highest BCUT2D eigenvalue weighted by Gasteiger charge is 2.37. The molecule has 0 saturated carbocycles. The maximum atomic E-state index is 6.91. The van der Waals surface area contributed by atoms with Crippen LogP contribution in [0.25, 0.3) is 70.0 Å². The van der Waals surface area contributed by atoms with Gasteiger partial charge in [-0.1, -0.05) is 159 Å². The lowest BCUT2D eigenvalue weighted by Gasteiger charge is -2.22. The van der Waals surface area contributed by atoms with Gasteiger partial charge in [0.1, 0.15) is 6.17 Å². The highest BCUT2D eigenvalue weighted by Crippen LogP contribution is 2.53. The topological polar surface area (TPSA) is 38.0 Å². The summed E-state index contributed by atoms with van der Waals surface area (Å²) in [6.07, 6.45) is 2.68. The van der Waals surface area contributed by atoms with Gasteiger partial charge in [0, 0.05) is 31.3 Å². The Labute approximate surface area is 332 Å². The van der Waals surface area contributed by atoms with Crippen LogP contribution in [0.5, 0.6) is 0 Å². The highest BCUT2D eigenvalue weighted by molar-refractivity contribution is 7.25. The molecule has 0 aliphatic heterocycles. The minimum Gasteiger partial charge on any atom is -0.366 e. The largest absolute Gasteiger partial charge is 0.366 e. The summed E-state index contributed by atoms with van der Waals surface area (Å²) in [5.74, 6) is 0. The fraction of sp³-hybridized carbons (Fsp3) is 0.0943. The van der Waals surface area contributed by atoms with Crippen LogP contribution in [-0.4, -0.2) is 0 Å². The smallest absolute Gasteiger partial charge is 0.101 e. The van der Waals surface area contributed by atoms with Gasteiger partial charge >= 0.3 is 0 Å². The van der Waals surface area contributed by atoms with E-state index in [-0.39, 0.29) is 11.6 Å². The molecule has 0 spiro atoms. The molecule has 0 fully saturated rings. The van der Waals surface area contributed by atoms with E-state index < -0.39 is 0 Å². The summed E-state index contributed by atoms with van der Waals surface area (Å²) in [4.78, 5) is 0. The van der Waals surface area contributed by atoms with Gasteiger partial charge in [0.25, 0.3) is 0 Å². The summed E-state index contributed by atoms with van der Waals surface area (Å²) in [6, 6.07) is 64.0. The molecule has 270 valence electrons. The van der Waals surface area contributed by atoms with Crippen LogP contribution in [0.1, 0.15) is 47.8 Å². The molecule has 1 atom stereocenters. The molecular weight excluding hydrogens is 697 g/mol. The Balaban J connectivity index is 1.06. The second kappa shape index (κ2) is 13.8. The fourth-order valence-corrected chi connectivity index (χ4v) is 9.91. The van der Waals surface area contributed by atoms with Crippen molar-refractivity contribution in [1.29, 1.82) is 0 Å². The van der Waals surface area contributed by atoms with Gasteiger partial charge < -0.3 is 11.1 Å². The van der Waals surface area contributed by atoms with E-state index >= 15 is 0 Å². The highest BCUT2D eigenvalue weighted by atomic mass is 32.1. The maximum absolute atomic E-state index is 6.91. The predicted molar refractivity (Wildman–Crippen MR) is 240 cm³/mol. The second-order valence-electron chi connectivity index (χ2n) is 15.5. The van der Waals surface area contributed by atoms with Crippen molar-refractivity contribution in [2.75, 3.05) is 0 Å². The van der Waals surface area contributed by atoms with Crippen molar-refractivity contribution in [2.45, 2.75) is 31.8 Å². The van der Waals surface area contributed by atoms with Gasteiger partial charge in [-0.3, -0.25) is 0 Å². The molecule has 0 saturated heterocycles. The zero-order chi connectivity index (χ0) is 37.8. The molecule has 1 unspecified atom stereocenters. The maximum Gasteiger partial charge on any atom is 0.101 e. The van der Waals surface area contributed by atoms with E-state index in [4.69, 9.17) is 5.73 Å². The van der Waals surface area contributed by atoms with E-state index in [0.717, 1.165) is 23.2 Å². The fourth-order valence-electron chi connectivity index (χ4n) is 8.82. The Hall–Kier alpha value is -6.26.